The molecule has 0 aliphatic carbocycles. The number of hydrogen-bond acceptors (Lipinski definition) is 4. The van der Waals surface area contributed by atoms with E-state index in [-0.39, 0.29) is 23.1 Å². The largest absolute Gasteiger partial charge is 0.476 e. The topological polar surface area (TPSA) is 97.1 Å². The molecular formula is C14H24N4O3. The van der Waals surface area contributed by atoms with Gasteiger partial charge in [-0.05, 0) is 40.0 Å². The van der Waals surface area contributed by atoms with E-state index in [2.05, 4.69) is 15.6 Å². The average molecular weight is 296 g/mol. The minimum Gasteiger partial charge on any atom is -0.476 e. The van der Waals surface area contributed by atoms with Crippen molar-refractivity contribution in [2.75, 3.05) is 0 Å². The van der Waals surface area contributed by atoms with Gasteiger partial charge in [-0.2, -0.15) is 0 Å². The molecule has 1 amide bonds. The number of rotatable bonds is 5. The number of nitrogens with zero attached hydrogens (tertiary/aromatic N) is 3. The molecule has 0 spiro atoms. The monoisotopic (exact) mass is 296 g/mol. The van der Waals surface area contributed by atoms with Crippen LogP contribution in [0.2, 0.25) is 0 Å². The number of nitrogens with one attached hydrogen (secondary N) is 1. The van der Waals surface area contributed by atoms with Crippen LogP contribution >= 0.6 is 0 Å². The lowest BCUT2D eigenvalue weighted by Gasteiger charge is -2.24. The second-order valence-electron chi connectivity index (χ2n) is 6.65. The number of amides is 1. The molecule has 21 heavy (non-hydrogen) atoms. The molecule has 0 saturated heterocycles. The highest BCUT2D eigenvalue weighted by Crippen LogP contribution is 2.17. The minimum atomic E-state index is -1.12. The molecule has 0 radical (unpaired) electrons. The number of carboxylic acid groups (broad SMARTS) is 1. The molecule has 7 nitrogen and oxygen atoms in total. The van der Waals surface area contributed by atoms with Gasteiger partial charge in [0.05, 0.1) is 5.69 Å². The fourth-order valence-corrected chi connectivity index (χ4v) is 1.95. The summed E-state index contributed by atoms with van der Waals surface area (Å²) in [5, 5.41) is 19.6. The van der Waals surface area contributed by atoms with Gasteiger partial charge < -0.3 is 10.4 Å². The van der Waals surface area contributed by atoms with E-state index in [0.717, 1.165) is 0 Å². The molecule has 0 bridgehead atoms. The number of carbonyl (C=O) groups excluding carboxylic acids is 1. The van der Waals surface area contributed by atoms with Crippen molar-refractivity contribution in [3.05, 3.63) is 11.4 Å². The molecule has 0 fully saturated rings. The zero-order chi connectivity index (χ0) is 16.4. The van der Waals surface area contributed by atoms with Crippen LogP contribution < -0.4 is 5.32 Å². The predicted octanol–water partition coefficient (Wildman–Crippen LogP) is 1.65. The van der Waals surface area contributed by atoms with Crippen molar-refractivity contribution >= 4 is 11.9 Å². The molecule has 1 heterocycles. The molecule has 7 heteroatoms. The number of aromatic nitrogens is 3. The fraction of sp³-hybridized carbons (Fsp3) is 0.714. The van der Waals surface area contributed by atoms with E-state index < -0.39 is 12.0 Å². The Hall–Kier alpha value is -1.92. The Labute approximate surface area is 124 Å². The minimum absolute atomic E-state index is 0.0842. The summed E-state index contributed by atoms with van der Waals surface area (Å²) in [6.45, 7) is 11.3. The number of carboxylic acids is 1. The van der Waals surface area contributed by atoms with Gasteiger partial charge in [-0.1, -0.05) is 19.1 Å². The Morgan fingerprint density at radius 2 is 1.86 bits per heavy atom. The van der Waals surface area contributed by atoms with Crippen LogP contribution in [-0.2, 0) is 11.2 Å². The summed E-state index contributed by atoms with van der Waals surface area (Å²) >= 11 is 0. The van der Waals surface area contributed by atoms with Crippen LogP contribution in [0.3, 0.4) is 0 Å². The van der Waals surface area contributed by atoms with E-state index in [1.165, 1.54) is 4.68 Å². The van der Waals surface area contributed by atoms with Crippen LogP contribution in [0.15, 0.2) is 0 Å². The van der Waals surface area contributed by atoms with Crippen molar-refractivity contribution in [1.82, 2.24) is 20.3 Å². The molecular weight excluding hydrogens is 272 g/mol. The van der Waals surface area contributed by atoms with E-state index >= 15 is 0 Å². The van der Waals surface area contributed by atoms with Crippen molar-refractivity contribution in [3.8, 4) is 0 Å². The van der Waals surface area contributed by atoms with Gasteiger partial charge in [0.15, 0.2) is 5.69 Å². The molecule has 1 unspecified atom stereocenters. The van der Waals surface area contributed by atoms with Gasteiger partial charge in [0.25, 0.3) is 0 Å². The summed E-state index contributed by atoms with van der Waals surface area (Å²) in [5.41, 5.74) is 0.0351. The molecule has 0 aliphatic rings. The first kappa shape index (κ1) is 17.1. The summed E-state index contributed by atoms with van der Waals surface area (Å²) in [6, 6.07) is -0.612. The second kappa shape index (κ2) is 6.24. The summed E-state index contributed by atoms with van der Waals surface area (Å²) in [7, 11) is 0. The molecule has 1 aromatic heterocycles. The van der Waals surface area contributed by atoms with Crippen LogP contribution in [-0.4, -0.2) is 37.5 Å². The molecule has 118 valence electrons. The third-order valence-corrected chi connectivity index (χ3v) is 2.84. The second-order valence-corrected chi connectivity index (χ2v) is 6.65. The lowest BCUT2D eigenvalue weighted by atomic mass is 10.1. The SMILES string of the molecule is CC(C)Cc1c(C(=O)O)nnn1C(C)C(=O)NC(C)(C)C. The first-order chi connectivity index (χ1) is 9.53. The molecule has 1 rings (SSSR count). The predicted molar refractivity (Wildman–Crippen MR) is 78.1 cm³/mol. The van der Waals surface area contributed by atoms with Gasteiger partial charge >= 0.3 is 5.97 Å². The molecule has 2 N–H and O–H groups in total. The van der Waals surface area contributed by atoms with Crippen molar-refractivity contribution < 1.29 is 14.7 Å². The quantitative estimate of drug-likeness (QED) is 0.861. The van der Waals surface area contributed by atoms with Crippen molar-refractivity contribution in [2.45, 2.75) is 59.5 Å². The third kappa shape index (κ3) is 4.54. The smallest absolute Gasteiger partial charge is 0.358 e. The lowest BCUT2D eigenvalue weighted by Crippen LogP contribution is -2.44. The summed E-state index contributed by atoms with van der Waals surface area (Å²) in [5.74, 6) is -1.10. The van der Waals surface area contributed by atoms with Crippen LogP contribution in [0.25, 0.3) is 0 Å². The highest BCUT2D eigenvalue weighted by Gasteiger charge is 2.27. The molecule has 0 aliphatic heterocycles. The van der Waals surface area contributed by atoms with Crippen LogP contribution in [0.4, 0.5) is 0 Å². The molecule has 0 saturated carbocycles. The van der Waals surface area contributed by atoms with Crippen LogP contribution in [0.5, 0.6) is 0 Å². The van der Waals surface area contributed by atoms with E-state index in [0.29, 0.717) is 12.1 Å². The highest BCUT2D eigenvalue weighted by atomic mass is 16.4. The van der Waals surface area contributed by atoms with Gasteiger partial charge in [-0.3, -0.25) is 4.79 Å². The molecule has 1 aromatic rings. The van der Waals surface area contributed by atoms with Gasteiger partial charge in [0, 0.05) is 5.54 Å². The number of carbonyl (C=O) groups is 2. The first-order valence-corrected chi connectivity index (χ1v) is 7.02. The summed E-state index contributed by atoms with van der Waals surface area (Å²) in [4.78, 5) is 23.5. The number of aromatic carboxylic acids is 1. The molecule has 1 atom stereocenters. The van der Waals surface area contributed by atoms with Crippen molar-refractivity contribution in [2.24, 2.45) is 5.92 Å². The summed E-state index contributed by atoms with van der Waals surface area (Å²) in [6.07, 6.45) is 0.502. The van der Waals surface area contributed by atoms with Gasteiger partial charge in [0.1, 0.15) is 6.04 Å². The van der Waals surface area contributed by atoms with Crippen molar-refractivity contribution in [1.29, 1.82) is 0 Å². The van der Waals surface area contributed by atoms with Crippen LogP contribution in [0, 0.1) is 5.92 Å². The van der Waals surface area contributed by atoms with E-state index in [9.17, 15) is 14.7 Å². The standard InChI is InChI=1S/C14H24N4O3/c1-8(2)7-10-11(13(20)21)16-17-18(10)9(3)12(19)15-14(4,5)6/h8-9H,7H2,1-6H3,(H,15,19)(H,20,21). The maximum Gasteiger partial charge on any atom is 0.358 e. The van der Waals surface area contributed by atoms with Crippen molar-refractivity contribution in [3.63, 3.8) is 0 Å². The van der Waals surface area contributed by atoms with E-state index in [4.69, 9.17) is 0 Å². The Bertz CT molecular complexity index is 529. The van der Waals surface area contributed by atoms with Gasteiger partial charge in [-0.15, -0.1) is 5.10 Å². The maximum absolute atomic E-state index is 12.2. The Kier molecular flexibility index (Phi) is 5.09. The normalized spacial score (nSPS) is 13.3. The Morgan fingerprint density at radius 3 is 2.29 bits per heavy atom. The zero-order valence-electron chi connectivity index (χ0n) is 13.5. The first-order valence-electron chi connectivity index (χ1n) is 7.02. The Morgan fingerprint density at radius 1 is 1.29 bits per heavy atom. The van der Waals surface area contributed by atoms with Gasteiger partial charge in [0.2, 0.25) is 5.91 Å². The lowest BCUT2D eigenvalue weighted by molar-refractivity contribution is -0.125. The number of hydrogen-bond donors (Lipinski definition) is 2. The highest BCUT2D eigenvalue weighted by molar-refractivity contribution is 5.87. The van der Waals surface area contributed by atoms with E-state index in [1.54, 1.807) is 6.92 Å². The van der Waals surface area contributed by atoms with Gasteiger partial charge in [-0.25, -0.2) is 9.48 Å². The van der Waals surface area contributed by atoms with E-state index in [1.807, 2.05) is 34.6 Å². The average Bonchev–Trinajstić information content (AvgIpc) is 2.68. The zero-order valence-corrected chi connectivity index (χ0v) is 13.5. The summed E-state index contributed by atoms with van der Waals surface area (Å²) < 4.78 is 1.41. The van der Waals surface area contributed by atoms with Crippen LogP contribution in [0.1, 0.15) is 63.8 Å². The Balaban J connectivity index is 3.11. The molecule has 0 aromatic carbocycles. The fourth-order valence-electron chi connectivity index (χ4n) is 1.95. The third-order valence-electron chi connectivity index (χ3n) is 2.84. The maximum atomic E-state index is 12.2.